The van der Waals surface area contributed by atoms with Gasteiger partial charge in [-0.05, 0) is 97.5 Å². The molecule has 0 spiro atoms. The predicted octanol–water partition coefficient (Wildman–Crippen LogP) is 7.67. The number of phenolic OH excluding ortho intramolecular Hbond substituents is 1. The number of fused-ring (bicyclic) bond motifs is 1. The summed E-state index contributed by atoms with van der Waals surface area (Å²) < 4.78 is 0. The number of nitrogens with one attached hydrogen (secondary N) is 3. The fourth-order valence-corrected chi connectivity index (χ4v) is 7.17. The normalized spacial score (nSPS) is 15.7. The number of carbonyl (C=O) groups is 2. The Kier molecular flexibility index (Phi) is 15.7. The summed E-state index contributed by atoms with van der Waals surface area (Å²) in [5, 5.41) is 38.1. The molecule has 1 heterocycles. The monoisotopic (exact) mass is 789 g/mol. The number of H-pyrrole nitrogens is 1. The molecule has 11 nitrogen and oxygen atoms in total. The van der Waals surface area contributed by atoms with E-state index in [2.05, 4.69) is 21.7 Å². The van der Waals surface area contributed by atoms with Gasteiger partial charge in [0.15, 0.2) is 0 Å². The highest BCUT2D eigenvalue weighted by atomic mass is 35.5. The van der Waals surface area contributed by atoms with Crippen molar-refractivity contribution in [2.75, 3.05) is 16.8 Å². The lowest BCUT2D eigenvalue weighted by Gasteiger charge is -2.35. The van der Waals surface area contributed by atoms with Crippen molar-refractivity contribution in [2.45, 2.75) is 76.1 Å². The van der Waals surface area contributed by atoms with Crippen molar-refractivity contribution in [1.82, 2.24) is 10.3 Å². The van der Waals surface area contributed by atoms with Crippen LogP contribution in [-0.2, 0) is 17.8 Å². The van der Waals surface area contributed by atoms with Crippen LogP contribution in [0.3, 0.4) is 0 Å². The van der Waals surface area contributed by atoms with Gasteiger partial charge in [0.05, 0.1) is 17.3 Å². The molecule has 292 valence electrons. The second-order valence-corrected chi connectivity index (χ2v) is 13.8. The van der Waals surface area contributed by atoms with E-state index in [9.17, 15) is 29.7 Å². The Balaban J connectivity index is 0.00000336. The Morgan fingerprint density at radius 2 is 1.58 bits per heavy atom. The first-order valence-corrected chi connectivity index (χ1v) is 18.2. The van der Waals surface area contributed by atoms with Gasteiger partial charge in [0.25, 0.3) is 0 Å². The van der Waals surface area contributed by atoms with Gasteiger partial charge < -0.3 is 36.7 Å². The van der Waals surface area contributed by atoms with Crippen molar-refractivity contribution in [1.29, 1.82) is 0 Å². The van der Waals surface area contributed by atoms with Crippen molar-refractivity contribution in [3.05, 3.63) is 124 Å². The van der Waals surface area contributed by atoms with E-state index in [4.69, 9.17) is 5.73 Å². The van der Waals surface area contributed by atoms with E-state index in [0.29, 0.717) is 47.2 Å². The van der Waals surface area contributed by atoms with Crippen LogP contribution in [0.25, 0.3) is 22.0 Å². The first-order valence-electron chi connectivity index (χ1n) is 18.2. The highest BCUT2D eigenvalue weighted by Gasteiger charge is 2.30. The Labute approximate surface area is 332 Å². The fraction of sp³-hybridized carbons (Fsp3) is 0.310. The molecule has 0 radical (unpaired) electrons. The number of hydrogen-bond acceptors (Lipinski definition) is 7. The molecule has 1 fully saturated rings. The van der Waals surface area contributed by atoms with Gasteiger partial charge in [-0.1, -0.05) is 60.7 Å². The molecule has 1 aliphatic carbocycles. The second kappa shape index (κ2) is 20.1. The van der Waals surface area contributed by atoms with Crippen LogP contribution < -0.4 is 26.8 Å². The van der Waals surface area contributed by atoms with Crippen LogP contribution in [0.1, 0.15) is 67.7 Å². The van der Waals surface area contributed by atoms with Crippen LogP contribution in [0.15, 0.2) is 102 Å². The number of aromatic amines is 1. The molecule has 0 bridgehead atoms. The van der Waals surface area contributed by atoms with Gasteiger partial charge in [0.1, 0.15) is 5.75 Å². The van der Waals surface area contributed by atoms with Gasteiger partial charge in [0.2, 0.25) is 11.5 Å². The van der Waals surface area contributed by atoms with Crippen LogP contribution >= 0.6 is 24.8 Å². The van der Waals surface area contributed by atoms with Gasteiger partial charge in [-0.15, -0.1) is 24.8 Å². The molecular weight excluding hydrogens is 741 g/mol. The lowest BCUT2D eigenvalue weighted by Crippen LogP contribution is -2.44. The number of aromatic hydroxyl groups is 1. The number of unbranched alkanes of at least 4 members (excludes halogenated alkanes) is 1. The zero-order valence-electron chi connectivity index (χ0n) is 30.4. The fourth-order valence-electron chi connectivity index (χ4n) is 7.17. The molecule has 55 heavy (non-hydrogen) atoms. The van der Waals surface area contributed by atoms with E-state index in [1.165, 1.54) is 12.1 Å². The summed E-state index contributed by atoms with van der Waals surface area (Å²) in [5.41, 5.74) is 11.9. The van der Waals surface area contributed by atoms with Crippen LogP contribution in [0.4, 0.5) is 16.2 Å². The molecule has 0 saturated heterocycles. The van der Waals surface area contributed by atoms with Gasteiger partial charge >= 0.3 is 6.09 Å². The third kappa shape index (κ3) is 11.1. The summed E-state index contributed by atoms with van der Waals surface area (Å²) in [5.74, 6) is -0.131. The lowest BCUT2D eigenvalue weighted by atomic mass is 9.89. The minimum absolute atomic E-state index is 0. The number of hydrogen-bond donors (Lipinski definition) is 7. The zero-order chi connectivity index (χ0) is 37.3. The average Bonchev–Trinajstić information content (AvgIpc) is 3.15. The Morgan fingerprint density at radius 1 is 0.873 bits per heavy atom. The molecular formula is C42H49Cl2N5O6. The second-order valence-electron chi connectivity index (χ2n) is 13.8. The van der Waals surface area contributed by atoms with Crippen LogP contribution in [0.5, 0.6) is 5.75 Å². The molecule has 13 heteroatoms. The number of aryl methyl sites for hydroxylation is 1. The maximum atomic E-state index is 12.8. The number of aromatic nitrogens is 1. The SMILES string of the molecule is Cl.Cl.NC1CCC(N(C(=O)O)c2cc(CCCCC(=O)Nc3ccc(CNC[C@@H](O)c4ccc(O)c5[nH]c(=O)ccc45)cc3)ccc2-c2ccccc2)CC1. The summed E-state index contributed by atoms with van der Waals surface area (Å²) in [7, 11) is 0. The van der Waals surface area contributed by atoms with E-state index >= 15 is 0 Å². The van der Waals surface area contributed by atoms with Crippen molar-refractivity contribution >= 4 is 59.1 Å². The number of nitrogens with zero attached hydrogens (tertiary/aromatic N) is 1. The Hall–Kier alpha value is -4.91. The minimum Gasteiger partial charge on any atom is -0.506 e. The van der Waals surface area contributed by atoms with Gasteiger partial charge in [-0.25, -0.2) is 4.79 Å². The molecule has 5 aromatic rings. The predicted molar refractivity (Wildman–Crippen MR) is 223 cm³/mol. The number of amides is 2. The number of anilines is 2. The number of nitrogens with two attached hydrogens (primary N) is 1. The van der Waals surface area contributed by atoms with Crippen LogP contribution in [-0.4, -0.2) is 50.9 Å². The number of halogens is 2. The number of aliphatic hydroxyl groups is 1. The highest BCUT2D eigenvalue weighted by molar-refractivity contribution is 5.94. The summed E-state index contributed by atoms with van der Waals surface area (Å²) in [6.07, 6.45) is 3.78. The van der Waals surface area contributed by atoms with E-state index in [-0.39, 0.29) is 60.7 Å². The van der Waals surface area contributed by atoms with Crippen LogP contribution in [0, 0.1) is 0 Å². The largest absolute Gasteiger partial charge is 0.506 e. The molecule has 1 atom stereocenters. The molecule has 1 aromatic heterocycles. The van der Waals surface area contributed by atoms with Crippen molar-refractivity contribution in [2.24, 2.45) is 5.73 Å². The molecule has 4 aromatic carbocycles. The smallest absolute Gasteiger partial charge is 0.412 e. The molecule has 1 saturated carbocycles. The Bertz CT molecular complexity index is 2090. The first-order chi connectivity index (χ1) is 25.7. The van der Waals surface area contributed by atoms with E-state index in [0.717, 1.165) is 60.8 Å². The maximum Gasteiger partial charge on any atom is 0.412 e. The number of rotatable bonds is 14. The Morgan fingerprint density at radius 3 is 2.29 bits per heavy atom. The molecule has 8 N–H and O–H groups in total. The summed E-state index contributed by atoms with van der Waals surface area (Å²) in [6.45, 7) is 0.745. The number of carboxylic acid groups (broad SMARTS) is 1. The molecule has 2 amide bonds. The summed E-state index contributed by atoms with van der Waals surface area (Å²) in [4.78, 5) is 41.3. The van der Waals surface area contributed by atoms with Gasteiger partial charge in [-0.2, -0.15) is 0 Å². The number of pyridine rings is 1. The average molecular weight is 791 g/mol. The minimum atomic E-state index is -0.959. The number of benzene rings is 4. The van der Waals surface area contributed by atoms with E-state index in [1.807, 2.05) is 66.7 Å². The topological polar surface area (TPSA) is 181 Å². The quantitative estimate of drug-likeness (QED) is 0.0560. The molecule has 0 unspecified atom stereocenters. The lowest BCUT2D eigenvalue weighted by molar-refractivity contribution is -0.116. The van der Waals surface area contributed by atoms with Crippen molar-refractivity contribution in [3.8, 4) is 16.9 Å². The van der Waals surface area contributed by atoms with E-state index in [1.54, 1.807) is 17.0 Å². The van der Waals surface area contributed by atoms with Gasteiger partial charge in [-0.3, -0.25) is 14.5 Å². The molecule has 1 aliphatic rings. The molecule has 6 rings (SSSR count). The van der Waals surface area contributed by atoms with Crippen LogP contribution in [0.2, 0.25) is 0 Å². The van der Waals surface area contributed by atoms with Crippen molar-refractivity contribution in [3.63, 3.8) is 0 Å². The van der Waals surface area contributed by atoms with Gasteiger partial charge in [0, 0.05) is 54.3 Å². The highest BCUT2D eigenvalue weighted by Crippen LogP contribution is 2.36. The first kappa shape index (κ1) is 42.8. The summed E-state index contributed by atoms with van der Waals surface area (Å²) >= 11 is 0. The number of carbonyl (C=O) groups excluding carboxylic acids is 1. The van der Waals surface area contributed by atoms with Crippen molar-refractivity contribution < 1.29 is 24.9 Å². The zero-order valence-corrected chi connectivity index (χ0v) is 32.1. The summed E-state index contributed by atoms with van der Waals surface area (Å²) in [6, 6.07) is 29.5. The standard InChI is InChI=1S/C42H47N5O6.2ClH/c43-30-13-17-32(18-14-30)47(42(52)53)36-24-27(12-19-33(36)29-7-2-1-3-8-29)6-4-5-9-39(50)45-31-15-10-28(11-16-31)25-44-26-38(49)34-20-22-37(48)41-35(34)21-23-40(51)46-41;;/h1-3,7-8,10-12,15-16,19-24,30,32,38,44,48-49H,4-6,9,13-14,17-18,25-26,43H2,(H,45,50)(H,46,51)(H,52,53);2*1H/t30?,32?,38-;;/m1../s1. The molecule has 0 aliphatic heterocycles. The number of phenols is 1. The third-order valence-electron chi connectivity index (χ3n) is 10.0. The number of aliphatic hydroxyl groups excluding tert-OH is 1. The third-order valence-corrected chi connectivity index (χ3v) is 10.0. The maximum absolute atomic E-state index is 12.8. The van der Waals surface area contributed by atoms with E-state index < -0.39 is 12.2 Å².